The minimum absolute atomic E-state index is 0.00495. The van der Waals surface area contributed by atoms with Crippen molar-refractivity contribution in [2.75, 3.05) is 13.2 Å². The number of hydrogen-bond donors (Lipinski definition) is 1. The SMILES string of the molecule is O=C(c1cc(Cl)cn1C1CC1)N1CCC[C@@H]1CO. The van der Waals surface area contributed by atoms with Gasteiger partial charge in [0.25, 0.3) is 5.91 Å². The maximum atomic E-state index is 12.5. The summed E-state index contributed by atoms with van der Waals surface area (Å²) in [5, 5.41) is 9.92. The molecule has 2 fully saturated rings. The second-order valence-electron chi connectivity index (χ2n) is 5.16. The molecule has 0 bridgehead atoms. The quantitative estimate of drug-likeness (QED) is 0.912. The van der Waals surface area contributed by atoms with E-state index in [1.54, 1.807) is 11.0 Å². The lowest BCUT2D eigenvalue weighted by molar-refractivity contribution is 0.0666. The number of aromatic nitrogens is 1. The maximum Gasteiger partial charge on any atom is 0.270 e. The zero-order valence-electron chi connectivity index (χ0n) is 10.2. The molecule has 4 nitrogen and oxygen atoms in total. The predicted molar refractivity (Wildman–Crippen MR) is 68.9 cm³/mol. The van der Waals surface area contributed by atoms with Crippen molar-refractivity contribution in [3.05, 3.63) is 23.0 Å². The third-order valence-electron chi connectivity index (χ3n) is 3.82. The van der Waals surface area contributed by atoms with Crippen molar-refractivity contribution in [3.63, 3.8) is 0 Å². The van der Waals surface area contributed by atoms with Crippen LogP contribution in [0.2, 0.25) is 5.02 Å². The van der Waals surface area contributed by atoms with Gasteiger partial charge in [0.2, 0.25) is 0 Å². The third-order valence-corrected chi connectivity index (χ3v) is 4.03. The Hall–Kier alpha value is -1.00. The molecule has 0 spiro atoms. The van der Waals surface area contributed by atoms with Crippen LogP contribution in [0.3, 0.4) is 0 Å². The molecule has 2 heterocycles. The van der Waals surface area contributed by atoms with Crippen molar-refractivity contribution in [1.82, 2.24) is 9.47 Å². The van der Waals surface area contributed by atoms with Crippen molar-refractivity contribution < 1.29 is 9.90 Å². The van der Waals surface area contributed by atoms with Crippen LogP contribution in [0.15, 0.2) is 12.3 Å². The lowest BCUT2D eigenvalue weighted by Gasteiger charge is -2.23. The van der Waals surface area contributed by atoms with Gasteiger partial charge in [-0.1, -0.05) is 11.6 Å². The van der Waals surface area contributed by atoms with Gasteiger partial charge in [-0.25, -0.2) is 0 Å². The fourth-order valence-electron chi connectivity index (χ4n) is 2.71. The normalized spacial score (nSPS) is 23.7. The number of nitrogens with zero attached hydrogens (tertiary/aromatic N) is 2. The Kier molecular flexibility index (Phi) is 3.08. The van der Waals surface area contributed by atoms with Gasteiger partial charge >= 0.3 is 0 Å². The molecular weight excluding hydrogens is 252 g/mol. The zero-order chi connectivity index (χ0) is 12.7. The summed E-state index contributed by atoms with van der Waals surface area (Å²) in [5.41, 5.74) is 0.669. The largest absolute Gasteiger partial charge is 0.394 e. The molecule has 1 N–H and O–H groups in total. The first-order valence-electron chi connectivity index (χ1n) is 6.50. The van der Waals surface area contributed by atoms with Crippen molar-refractivity contribution in [2.45, 2.75) is 37.8 Å². The molecule has 1 aliphatic heterocycles. The number of likely N-dealkylation sites (tertiary alicyclic amines) is 1. The number of hydrogen-bond acceptors (Lipinski definition) is 2. The first-order valence-corrected chi connectivity index (χ1v) is 6.87. The molecule has 0 aromatic carbocycles. The van der Waals surface area contributed by atoms with E-state index in [1.807, 2.05) is 10.8 Å². The van der Waals surface area contributed by atoms with Crippen molar-refractivity contribution in [3.8, 4) is 0 Å². The van der Waals surface area contributed by atoms with Gasteiger partial charge in [0.1, 0.15) is 5.69 Å². The standard InChI is InChI=1S/C13H17ClN2O2/c14-9-6-12(16(7-9)10-3-4-10)13(18)15-5-1-2-11(15)8-17/h6-7,10-11,17H,1-5,8H2/t11-/m1/s1. The lowest BCUT2D eigenvalue weighted by Crippen LogP contribution is -2.38. The first kappa shape index (κ1) is 12.1. The summed E-state index contributed by atoms with van der Waals surface area (Å²) in [6.07, 6.45) is 5.94. The van der Waals surface area contributed by atoms with Crippen molar-refractivity contribution in [2.24, 2.45) is 0 Å². The van der Waals surface area contributed by atoms with Gasteiger partial charge in [0.05, 0.1) is 17.7 Å². The van der Waals surface area contributed by atoms with Crippen LogP contribution < -0.4 is 0 Å². The fraction of sp³-hybridized carbons (Fsp3) is 0.615. The van der Waals surface area contributed by atoms with E-state index in [0.29, 0.717) is 16.8 Å². The van der Waals surface area contributed by atoms with Gasteiger partial charge in [0, 0.05) is 18.8 Å². The summed E-state index contributed by atoms with van der Waals surface area (Å²) in [4.78, 5) is 14.3. The van der Waals surface area contributed by atoms with E-state index in [2.05, 4.69) is 0 Å². The molecule has 1 saturated carbocycles. The van der Waals surface area contributed by atoms with Crippen LogP contribution in [0.4, 0.5) is 0 Å². The highest BCUT2D eigenvalue weighted by molar-refractivity contribution is 6.31. The summed E-state index contributed by atoms with van der Waals surface area (Å²) in [7, 11) is 0. The van der Waals surface area contributed by atoms with Crippen LogP contribution in [0.5, 0.6) is 0 Å². The van der Waals surface area contributed by atoms with Crippen LogP contribution in [0.1, 0.15) is 42.2 Å². The fourth-order valence-corrected chi connectivity index (χ4v) is 2.92. The summed E-state index contributed by atoms with van der Waals surface area (Å²) in [6.45, 7) is 0.779. The summed E-state index contributed by atoms with van der Waals surface area (Å²) in [5.74, 6) is 0.00495. The average molecular weight is 269 g/mol. The number of halogens is 1. The Labute approximate surface area is 111 Å². The van der Waals surface area contributed by atoms with Crippen LogP contribution >= 0.6 is 11.6 Å². The smallest absolute Gasteiger partial charge is 0.270 e. The molecule has 1 aromatic heterocycles. The van der Waals surface area contributed by atoms with Gasteiger partial charge in [-0.05, 0) is 31.7 Å². The van der Waals surface area contributed by atoms with E-state index in [-0.39, 0.29) is 18.6 Å². The number of rotatable bonds is 3. The van der Waals surface area contributed by atoms with Crippen LogP contribution in [0.25, 0.3) is 0 Å². The molecule has 98 valence electrons. The molecular formula is C13H17ClN2O2. The van der Waals surface area contributed by atoms with Crippen molar-refractivity contribution in [1.29, 1.82) is 0 Å². The number of aliphatic hydroxyl groups is 1. The highest BCUT2D eigenvalue weighted by atomic mass is 35.5. The van der Waals surface area contributed by atoms with E-state index < -0.39 is 0 Å². The molecule has 1 saturated heterocycles. The molecule has 18 heavy (non-hydrogen) atoms. The molecule has 0 radical (unpaired) electrons. The second-order valence-corrected chi connectivity index (χ2v) is 5.60. The number of aliphatic hydroxyl groups excluding tert-OH is 1. The van der Waals surface area contributed by atoms with E-state index in [9.17, 15) is 9.90 Å². The van der Waals surface area contributed by atoms with Gasteiger partial charge in [0.15, 0.2) is 0 Å². The van der Waals surface area contributed by atoms with E-state index in [1.165, 1.54) is 0 Å². The molecule has 1 atom stereocenters. The third kappa shape index (κ3) is 2.04. The van der Waals surface area contributed by atoms with Gasteiger partial charge in [-0.2, -0.15) is 0 Å². The van der Waals surface area contributed by atoms with Crippen molar-refractivity contribution >= 4 is 17.5 Å². The highest BCUT2D eigenvalue weighted by Crippen LogP contribution is 2.38. The highest BCUT2D eigenvalue weighted by Gasteiger charge is 2.33. The Morgan fingerprint density at radius 1 is 1.44 bits per heavy atom. The first-order chi connectivity index (χ1) is 8.70. The summed E-state index contributed by atoms with van der Waals surface area (Å²) in [6, 6.07) is 2.15. The van der Waals surface area contributed by atoms with Gasteiger partial charge < -0.3 is 14.6 Å². The van der Waals surface area contributed by atoms with Crippen LogP contribution in [0, 0.1) is 0 Å². The van der Waals surface area contributed by atoms with E-state index in [0.717, 1.165) is 32.2 Å². The zero-order valence-corrected chi connectivity index (χ0v) is 10.9. The summed E-state index contributed by atoms with van der Waals surface area (Å²) < 4.78 is 2.00. The van der Waals surface area contributed by atoms with E-state index >= 15 is 0 Å². The second kappa shape index (κ2) is 4.59. The minimum atomic E-state index is -0.0289. The van der Waals surface area contributed by atoms with Gasteiger partial charge in [-0.3, -0.25) is 4.79 Å². The van der Waals surface area contributed by atoms with Crippen LogP contribution in [-0.4, -0.2) is 39.7 Å². The Balaban J connectivity index is 1.87. The van der Waals surface area contributed by atoms with E-state index in [4.69, 9.17) is 11.6 Å². The number of amides is 1. The maximum absolute atomic E-state index is 12.5. The Morgan fingerprint density at radius 2 is 2.22 bits per heavy atom. The average Bonchev–Trinajstić information content (AvgIpc) is 2.97. The summed E-state index contributed by atoms with van der Waals surface area (Å²) >= 11 is 6.02. The molecule has 3 rings (SSSR count). The topological polar surface area (TPSA) is 45.5 Å². The number of carbonyl (C=O) groups is 1. The predicted octanol–water partition coefficient (Wildman–Crippen LogP) is 2.07. The molecule has 5 heteroatoms. The molecule has 1 aliphatic carbocycles. The minimum Gasteiger partial charge on any atom is -0.394 e. The number of carbonyl (C=O) groups excluding carboxylic acids is 1. The molecule has 2 aliphatic rings. The Bertz CT molecular complexity index is 468. The Morgan fingerprint density at radius 3 is 2.89 bits per heavy atom. The molecule has 1 amide bonds. The molecule has 1 aromatic rings. The van der Waals surface area contributed by atoms with Crippen LogP contribution in [-0.2, 0) is 0 Å². The monoisotopic (exact) mass is 268 g/mol. The van der Waals surface area contributed by atoms with Gasteiger partial charge in [-0.15, -0.1) is 0 Å². The molecule has 0 unspecified atom stereocenters. The lowest BCUT2D eigenvalue weighted by atomic mass is 10.2.